The standard InChI is InChI=1S/C11H22N2O2/c1-12-8-5-10(6-9-12)13(2)7-3-4-11(14)15/h10H,3-9H2,1-2H3,(H,14,15). The number of nitrogens with zero attached hydrogens (tertiary/aromatic N) is 2. The van der Waals surface area contributed by atoms with E-state index in [4.69, 9.17) is 5.11 Å². The first-order valence-electron chi connectivity index (χ1n) is 5.70. The van der Waals surface area contributed by atoms with E-state index in [9.17, 15) is 4.79 Å². The van der Waals surface area contributed by atoms with Crippen LogP contribution in [-0.2, 0) is 4.79 Å². The van der Waals surface area contributed by atoms with Gasteiger partial charge in [-0.3, -0.25) is 4.79 Å². The molecule has 88 valence electrons. The molecule has 0 aromatic heterocycles. The van der Waals surface area contributed by atoms with Crippen molar-refractivity contribution in [1.29, 1.82) is 0 Å². The van der Waals surface area contributed by atoms with E-state index >= 15 is 0 Å². The number of hydrogen-bond acceptors (Lipinski definition) is 3. The molecule has 0 aliphatic carbocycles. The van der Waals surface area contributed by atoms with Crippen molar-refractivity contribution in [3.05, 3.63) is 0 Å². The Morgan fingerprint density at radius 1 is 1.47 bits per heavy atom. The Labute approximate surface area is 91.9 Å². The van der Waals surface area contributed by atoms with Gasteiger partial charge in [-0.15, -0.1) is 0 Å². The van der Waals surface area contributed by atoms with Crippen molar-refractivity contribution < 1.29 is 9.90 Å². The summed E-state index contributed by atoms with van der Waals surface area (Å²) < 4.78 is 0. The zero-order valence-electron chi connectivity index (χ0n) is 9.78. The molecule has 0 bridgehead atoms. The molecular formula is C11H22N2O2. The minimum atomic E-state index is -0.688. The fraction of sp³-hybridized carbons (Fsp3) is 0.909. The first-order chi connectivity index (χ1) is 7.09. The maximum absolute atomic E-state index is 10.4. The van der Waals surface area contributed by atoms with Gasteiger partial charge in [0.1, 0.15) is 0 Å². The van der Waals surface area contributed by atoms with Crippen molar-refractivity contribution in [2.24, 2.45) is 0 Å². The maximum Gasteiger partial charge on any atom is 0.303 e. The molecule has 1 fully saturated rings. The molecule has 0 spiro atoms. The number of piperidine rings is 1. The van der Waals surface area contributed by atoms with Crippen LogP contribution in [0.5, 0.6) is 0 Å². The molecule has 1 saturated heterocycles. The average molecular weight is 214 g/mol. The van der Waals surface area contributed by atoms with E-state index in [1.54, 1.807) is 0 Å². The number of carboxylic acid groups (broad SMARTS) is 1. The second-order valence-corrected chi connectivity index (χ2v) is 4.51. The van der Waals surface area contributed by atoms with Crippen molar-refractivity contribution in [3.8, 4) is 0 Å². The third kappa shape index (κ3) is 4.62. The lowest BCUT2D eigenvalue weighted by Gasteiger charge is -2.35. The minimum absolute atomic E-state index is 0.289. The predicted octanol–water partition coefficient (Wildman–Crippen LogP) is 0.877. The molecule has 1 rings (SSSR count). The molecule has 0 atom stereocenters. The van der Waals surface area contributed by atoms with Crippen LogP contribution in [0.25, 0.3) is 0 Å². The molecule has 0 saturated carbocycles. The van der Waals surface area contributed by atoms with E-state index in [0.29, 0.717) is 6.04 Å². The minimum Gasteiger partial charge on any atom is -0.481 e. The summed E-state index contributed by atoms with van der Waals surface area (Å²) in [7, 11) is 4.26. The van der Waals surface area contributed by atoms with Gasteiger partial charge in [-0.25, -0.2) is 0 Å². The molecule has 1 heterocycles. The zero-order chi connectivity index (χ0) is 11.3. The van der Waals surface area contributed by atoms with E-state index in [1.807, 2.05) is 0 Å². The second-order valence-electron chi connectivity index (χ2n) is 4.51. The van der Waals surface area contributed by atoms with Gasteiger partial charge < -0.3 is 14.9 Å². The van der Waals surface area contributed by atoms with Gasteiger partial charge >= 0.3 is 5.97 Å². The zero-order valence-corrected chi connectivity index (χ0v) is 9.78. The lowest BCUT2D eigenvalue weighted by atomic mass is 10.0. The summed E-state index contributed by atoms with van der Waals surface area (Å²) in [5.74, 6) is -0.688. The number of aliphatic carboxylic acids is 1. The smallest absolute Gasteiger partial charge is 0.303 e. The molecular weight excluding hydrogens is 192 g/mol. The van der Waals surface area contributed by atoms with Gasteiger partial charge in [-0.1, -0.05) is 0 Å². The van der Waals surface area contributed by atoms with Crippen LogP contribution in [0, 0.1) is 0 Å². The Kier molecular flexibility index (Phi) is 5.05. The SMILES string of the molecule is CN1CCC(N(C)CCCC(=O)O)CC1. The van der Waals surface area contributed by atoms with Crippen LogP contribution in [0.15, 0.2) is 0 Å². The maximum atomic E-state index is 10.4. The van der Waals surface area contributed by atoms with E-state index in [2.05, 4.69) is 23.9 Å². The van der Waals surface area contributed by atoms with E-state index in [0.717, 1.165) is 26.1 Å². The lowest BCUT2D eigenvalue weighted by Crippen LogP contribution is -2.42. The third-order valence-electron chi connectivity index (χ3n) is 3.21. The summed E-state index contributed by atoms with van der Waals surface area (Å²) in [6.45, 7) is 3.22. The number of hydrogen-bond donors (Lipinski definition) is 1. The normalized spacial score (nSPS) is 19.7. The summed E-state index contributed by atoms with van der Waals surface area (Å²) in [6, 6.07) is 0.648. The summed E-state index contributed by atoms with van der Waals surface area (Å²) in [5, 5.41) is 8.55. The Morgan fingerprint density at radius 3 is 2.60 bits per heavy atom. The first kappa shape index (κ1) is 12.5. The number of carbonyl (C=O) groups is 1. The number of rotatable bonds is 5. The molecule has 0 unspecified atom stereocenters. The van der Waals surface area contributed by atoms with Crippen LogP contribution >= 0.6 is 0 Å². The van der Waals surface area contributed by atoms with Crippen molar-refractivity contribution in [3.63, 3.8) is 0 Å². The number of likely N-dealkylation sites (tertiary alicyclic amines) is 1. The molecule has 4 heteroatoms. The average Bonchev–Trinajstić information content (AvgIpc) is 2.18. The monoisotopic (exact) mass is 214 g/mol. The van der Waals surface area contributed by atoms with Crippen LogP contribution in [0.4, 0.5) is 0 Å². The Bertz CT molecular complexity index is 201. The van der Waals surface area contributed by atoms with Gasteiger partial charge in [0.05, 0.1) is 0 Å². The van der Waals surface area contributed by atoms with Gasteiger partial charge in [0.15, 0.2) is 0 Å². The van der Waals surface area contributed by atoms with Crippen molar-refractivity contribution in [1.82, 2.24) is 9.80 Å². The Balaban J connectivity index is 2.16. The van der Waals surface area contributed by atoms with Gasteiger partial charge in [0.2, 0.25) is 0 Å². The van der Waals surface area contributed by atoms with Crippen LogP contribution in [-0.4, -0.2) is 60.6 Å². The molecule has 1 N–H and O–H groups in total. The molecule has 4 nitrogen and oxygen atoms in total. The van der Waals surface area contributed by atoms with Crippen LogP contribution in [0.1, 0.15) is 25.7 Å². The van der Waals surface area contributed by atoms with Crippen molar-refractivity contribution in [2.75, 3.05) is 33.7 Å². The van der Waals surface area contributed by atoms with Gasteiger partial charge in [0.25, 0.3) is 0 Å². The highest BCUT2D eigenvalue weighted by atomic mass is 16.4. The summed E-state index contributed by atoms with van der Waals surface area (Å²) in [6.07, 6.45) is 3.47. The fourth-order valence-electron chi connectivity index (χ4n) is 2.10. The molecule has 0 aromatic rings. The fourth-order valence-corrected chi connectivity index (χ4v) is 2.10. The molecule has 1 aliphatic rings. The summed E-state index contributed by atoms with van der Waals surface area (Å²) in [4.78, 5) is 15.0. The molecule has 0 aromatic carbocycles. The highest BCUT2D eigenvalue weighted by Gasteiger charge is 2.19. The first-order valence-corrected chi connectivity index (χ1v) is 5.70. The quantitative estimate of drug-likeness (QED) is 0.738. The van der Waals surface area contributed by atoms with Crippen LogP contribution in [0.3, 0.4) is 0 Å². The van der Waals surface area contributed by atoms with Gasteiger partial charge in [0, 0.05) is 12.5 Å². The van der Waals surface area contributed by atoms with Crippen molar-refractivity contribution in [2.45, 2.75) is 31.7 Å². The van der Waals surface area contributed by atoms with E-state index in [1.165, 1.54) is 12.8 Å². The second kappa shape index (κ2) is 6.08. The topological polar surface area (TPSA) is 43.8 Å². The van der Waals surface area contributed by atoms with E-state index < -0.39 is 5.97 Å². The highest BCUT2D eigenvalue weighted by Crippen LogP contribution is 2.14. The lowest BCUT2D eigenvalue weighted by molar-refractivity contribution is -0.137. The third-order valence-corrected chi connectivity index (χ3v) is 3.21. The molecule has 15 heavy (non-hydrogen) atoms. The van der Waals surface area contributed by atoms with Crippen LogP contribution in [0.2, 0.25) is 0 Å². The van der Waals surface area contributed by atoms with Gasteiger partial charge in [-0.2, -0.15) is 0 Å². The molecule has 0 amide bonds. The van der Waals surface area contributed by atoms with Gasteiger partial charge in [-0.05, 0) is 53.0 Å². The number of carboxylic acids is 1. The molecule has 1 aliphatic heterocycles. The summed E-state index contributed by atoms with van der Waals surface area (Å²) in [5.41, 5.74) is 0. The predicted molar refractivity (Wildman–Crippen MR) is 60.0 cm³/mol. The summed E-state index contributed by atoms with van der Waals surface area (Å²) >= 11 is 0. The highest BCUT2D eigenvalue weighted by molar-refractivity contribution is 5.66. The van der Waals surface area contributed by atoms with Crippen molar-refractivity contribution >= 4 is 5.97 Å². The Morgan fingerprint density at radius 2 is 2.07 bits per heavy atom. The van der Waals surface area contributed by atoms with Crippen LogP contribution < -0.4 is 0 Å². The largest absolute Gasteiger partial charge is 0.481 e. The van der Waals surface area contributed by atoms with E-state index in [-0.39, 0.29) is 6.42 Å². The Hall–Kier alpha value is -0.610. The molecule has 0 radical (unpaired) electrons.